The molecule has 32 heavy (non-hydrogen) atoms. The fraction of sp³-hybridized carbons (Fsp3) is 0.154. The number of ether oxygens (including phenoxy) is 2. The van der Waals surface area contributed by atoms with E-state index in [9.17, 15) is 14.7 Å². The molecule has 3 aromatic rings. The summed E-state index contributed by atoms with van der Waals surface area (Å²) in [6, 6.07) is 20.8. The molecule has 0 aliphatic carbocycles. The third-order valence-electron chi connectivity index (χ3n) is 5.65. The first kappa shape index (κ1) is 19.9. The first-order chi connectivity index (χ1) is 15.5. The molecular formula is C26H21NO5. The number of rotatable bonds is 3. The Kier molecular flexibility index (Phi) is 4.90. The van der Waals surface area contributed by atoms with Crippen molar-refractivity contribution in [2.75, 3.05) is 18.1 Å². The monoisotopic (exact) mass is 427 g/mol. The van der Waals surface area contributed by atoms with Crippen LogP contribution in [0.3, 0.4) is 0 Å². The molecule has 1 unspecified atom stereocenters. The van der Waals surface area contributed by atoms with E-state index in [1.165, 1.54) is 4.90 Å². The summed E-state index contributed by atoms with van der Waals surface area (Å²) in [6.07, 6.45) is 0. The van der Waals surface area contributed by atoms with Crippen LogP contribution in [0.25, 0.3) is 5.76 Å². The summed E-state index contributed by atoms with van der Waals surface area (Å²) in [5, 5.41) is 11.3. The minimum absolute atomic E-state index is 0.0427. The van der Waals surface area contributed by atoms with Crippen molar-refractivity contribution in [3.8, 4) is 11.5 Å². The third kappa shape index (κ3) is 3.30. The number of hydrogen-bond donors (Lipinski definition) is 1. The van der Waals surface area contributed by atoms with Gasteiger partial charge in [0, 0.05) is 11.3 Å². The largest absolute Gasteiger partial charge is 0.507 e. The van der Waals surface area contributed by atoms with Gasteiger partial charge in [-0.2, -0.15) is 0 Å². The predicted octanol–water partition coefficient (Wildman–Crippen LogP) is 4.39. The molecule has 0 spiro atoms. The van der Waals surface area contributed by atoms with Crippen LogP contribution in [0.2, 0.25) is 0 Å². The fourth-order valence-electron chi connectivity index (χ4n) is 4.19. The second-order valence-electron chi connectivity index (χ2n) is 7.78. The van der Waals surface area contributed by atoms with Crippen LogP contribution in [0.5, 0.6) is 11.5 Å². The summed E-state index contributed by atoms with van der Waals surface area (Å²) in [5.74, 6) is -0.586. The number of amides is 1. The smallest absolute Gasteiger partial charge is 0.300 e. The summed E-state index contributed by atoms with van der Waals surface area (Å²) in [6.45, 7) is 2.80. The van der Waals surface area contributed by atoms with Gasteiger partial charge in [0.2, 0.25) is 0 Å². The van der Waals surface area contributed by atoms with Crippen molar-refractivity contribution in [2.45, 2.75) is 13.0 Å². The Bertz CT molecular complexity index is 1250. The second-order valence-corrected chi connectivity index (χ2v) is 7.78. The van der Waals surface area contributed by atoms with E-state index in [-0.39, 0.29) is 11.3 Å². The van der Waals surface area contributed by atoms with Crippen molar-refractivity contribution in [1.82, 2.24) is 0 Å². The third-order valence-corrected chi connectivity index (χ3v) is 5.65. The minimum atomic E-state index is -0.759. The van der Waals surface area contributed by atoms with E-state index in [0.717, 1.165) is 11.1 Å². The molecule has 2 heterocycles. The van der Waals surface area contributed by atoms with Crippen molar-refractivity contribution in [3.63, 3.8) is 0 Å². The summed E-state index contributed by atoms with van der Waals surface area (Å²) in [4.78, 5) is 27.8. The van der Waals surface area contributed by atoms with Crippen molar-refractivity contribution in [1.29, 1.82) is 0 Å². The van der Waals surface area contributed by atoms with Gasteiger partial charge in [0.25, 0.3) is 11.7 Å². The molecule has 5 rings (SSSR count). The maximum absolute atomic E-state index is 13.2. The Labute approximate surface area is 185 Å². The highest BCUT2D eigenvalue weighted by molar-refractivity contribution is 6.51. The van der Waals surface area contributed by atoms with Crippen molar-refractivity contribution in [3.05, 3.63) is 95.1 Å². The molecule has 1 saturated heterocycles. The van der Waals surface area contributed by atoms with Gasteiger partial charge in [0.1, 0.15) is 19.0 Å². The lowest BCUT2D eigenvalue weighted by atomic mass is 9.94. The molecule has 1 atom stereocenters. The van der Waals surface area contributed by atoms with E-state index in [0.29, 0.717) is 36.0 Å². The van der Waals surface area contributed by atoms with Gasteiger partial charge in [-0.25, -0.2) is 0 Å². The number of anilines is 1. The lowest BCUT2D eigenvalue weighted by Gasteiger charge is -2.26. The highest BCUT2D eigenvalue weighted by Crippen LogP contribution is 2.43. The topological polar surface area (TPSA) is 76.1 Å². The fourth-order valence-corrected chi connectivity index (χ4v) is 4.19. The number of benzene rings is 3. The lowest BCUT2D eigenvalue weighted by Crippen LogP contribution is -2.29. The Balaban J connectivity index is 1.70. The van der Waals surface area contributed by atoms with Gasteiger partial charge in [-0.15, -0.1) is 0 Å². The number of ketones is 1. The van der Waals surface area contributed by atoms with E-state index < -0.39 is 17.7 Å². The standard InChI is InChI=1S/C26H21NO5/c1-16-6-5-7-17(14-16)23-22(25(29)26(30)27(23)19-8-3-2-4-9-19)24(28)18-10-11-20-21(15-18)32-13-12-31-20/h2-11,14-15,23,28H,12-13H2,1H3/b24-22-. The van der Waals surface area contributed by atoms with E-state index in [1.807, 2.05) is 49.4 Å². The number of Topliss-reactive ketones (excluding diaryl/α,β-unsaturated/α-hetero) is 1. The number of aliphatic hydroxyl groups is 1. The number of nitrogens with zero attached hydrogens (tertiary/aromatic N) is 1. The van der Waals surface area contributed by atoms with Gasteiger partial charge in [0.05, 0.1) is 11.6 Å². The maximum atomic E-state index is 13.2. The number of fused-ring (bicyclic) bond motifs is 1. The molecule has 1 N–H and O–H groups in total. The predicted molar refractivity (Wildman–Crippen MR) is 120 cm³/mol. The molecule has 160 valence electrons. The van der Waals surface area contributed by atoms with E-state index in [2.05, 4.69) is 0 Å². The molecule has 0 radical (unpaired) electrons. The van der Waals surface area contributed by atoms with Crippen LogP contribution >= 0.6 is 0 Å². The first-order valence-corrected chi connectivity index (χ1v) is 10.4. The van der Waals surface area contributed by atoms with Gasteiger partial charge < -0.3 is 14.6 Å². The molecule has 1 amide bonds. The average molecular weight is 427 g/mol. The van der Waals surface area contributed by atoms with Crippen molar-refractivity contribution < 1.29 is 24.2 Å². The Morgan fingerprint density at radius 3 is 2.41 bits per heavy atom. The van der Waals surface area contributed by atoms with Gasteiger partial charge >= 0.3 is 0 Å². The molecule has 2 aliphatic heterocycles. The Hall–Kier alpha value is -4.06. The highest BCUT2D eigenvalue weighted by Gasteiger charge is 2.47. The van der Waals surface area contributed by atoms with Gasteiger partial charge in [0.15, 0.2) is 11.5 Å². The SMILES string of the molecule is Cc1cccc(C2/C(=C(/O)c3ccc4c(c3)OCCO4)C(=O)C(=O)N2c2ccccc2)c1. The number of aryl methyl sites for hydroxylation is 1. The van der Waals surface area contributed by atoms with Crippen LogP contribution in [0.4, 0.5) is 5.69 Å². The number of hydrogen-bond acceptors (Lipinski definition) is 5. The van der Waals surface area contributed by atoms with Crippen molar-refractivity contribution >= 4 is 23.1 Å². The molecular weight excluding hydrogens is 406 g/mol. The first-order valence-electron chi connectivity index (χ1n) is 10.4. The molecule has 6 nitrogen and oxygen atoms in total. The van der Waals surface area contributed by atoms with Crippen LogP contribution in [-0.4, -0.2) is 30.0 Å². The summed E-state index contributed by atoms with van der Waals surface area (Å²) in [5.41, 5.74) is 2.74. The lowest BCUT2D eigenvalue weighted by molar-refractivity contribution is -0.132. The highest BCUT2D eigenvalue weighted by atomic mass is 16.6. The van der Waals surface area contributed by atoms with Gasteiger partial charge in [-0.05, 0) is 42.8 Å². The molecule has 0 saturated carbocycles. The van der Waals surface area contributed by atoms with Gasteiger partial charge in [-0.1, -0.05) is 48.0 Å². The molecule has 2 aliphatic rings. The number of carbonyl (C=O) groups is 2. The van der Waals surface area contributed by atoms with Crippen LogP contribution in [0.15, 0.2) is 78.4 Å². The van der Waals surface area contributed by atoms with E-state index in [1.54, 1.807) is 30.3 Å². The quantitative estimate of drug-likeness (QED) is 0.381. The van der Waals surface area contributed by atoms with E-state index in [4.69, 9.17) is 9.47 Å². The Morgan fingerprint density at radius 2 is 1.66 bits per heavy atom. The molecule has 0 bridgehead atoms. The Morgan fingerprint density at radius 1 is 0.906 bits per heavy atom. The molecule has 3 aromatic carbocycles. The molecule has 0 aromatic heterocycles. The zero-order chi connectivity index (χ0) is 22.2. The second kappa shape index (κ2) is 7.89. The average Bonchev–Trinajstić information content (AvgIpc) is 3.09. The zero-order valence-electron chi connectivity index (χ0n) is 17.4. The zero-order valence-corrected chi connectivity index (χ0v) is 17.4. The molecule has 6 heteroatoms. The summed E-state index contributed by atoms with van der Waals surface area (Å²) >= 11 is 0. The summed E-state index contributed by atoms with van der Waals surface area (Å²) < 4.78 is 11.2. The van der Waals surface area contributed by atoms with Crippen LogP contribution in [-0.2, 0) is 9.59 Å². The minimum Gasteiger partial charge on any atom is -0.507 e. The van der Waals surface area contributed by atoms with Crippen LogP contribution in [0, 0.1) is 6.92 Å². The van der Waals surface area contributed by atoms with E-state index >= 15 is 0 Å². The number of aliphatic hydroxyl groups excluding tert-OH is 1. The van der Waals surface area contributed by atoms with Gasteiger partial charge in [-0.3, -0.25) is 14.5 Å². The maximum Gasteiger partial charge on any atom is 0.300 e. The number of carbonyl (C=O) groups excluding carboxylic acids is 2. The van der Waals surface area contributed by atoms with Crippen LogP contribution in [0.1, 0.15) is 22.7 Å². The normalized spacial score (nSPS) is 19.3. The molecule has 1 fully saturated rings. The summed E-state index contributed by atoms with van der Waals surface area (Å²) in [7, 11) is 0. The number of para-hydroxylation sites is 1. The van der Waals surface area contributed by atoms with Crippen LogP contribution < -0.4 is 14.4 Å². The van der Waals surface area contributed by atoms with Crippen molar-refractivity contribution in [2.24, 2.45) is 0 Å².